The standard InChI is InChI=1S/C12H20N2OS/c1-4-10(5-2)12(15)13-7-6-11-8-14-9(3)16-11/h8,10H,4-7H2,1-3H3,(H,13,15). The molecule has 0 unspecified atom stereocenters. The fourth-order valence-electron chi connectivity index (χ4n) is 1.63. The van der Waals surface area contributed by atoms with Crippen LogP contribution in [0.15, 0.2) is 6.20 Å². The van der Waals surface area contributed by atoms with Crippen LogP contribution in [0.25, 0.3) is 0 Å². The Bertz CT molecular complexity index is 332. The van der Waals surface area contributed by atoms with Gasteiger partial charge in [-0.3, -0.25) is 4.79 Å². The van der Waals surface area contributed by atoms with E-state index in [-0.39, 0.29) is 11.8 Å². The second-order valence-electron chi connectivity index (χ2n) is 3.90. The quantitative estimate of drug-likeness (QED) is 0.830. The van der Waals surface area contributed by atoms with E-state index >= 15 is 0 Å². The monoisotopic (exact) mass is 240 g/mol. The number of aromatic nitrogens is 1. The number of aryl methyl sites for hydroxylation is 1. The van der Waals surface area contributed by atoms with Gasteiger partial charge in [-0.05, 0) is 19.8 Å². The van der Waals surface area contributed by atoms with Crippen molar-refractivity contribution in [3.63, 3.8) is 0 Å². The van der Waals surface area contributed by atoms with Crippen LogP contribution in [0.4, 0.5) is 0 Å². The van der Waals surface area contributed by atoms with Crippen LogP contribution in [0.1, 0.15) is 36.6 Å². The third-order valence-electron chi connectivity index (χ3n) is 2.70. The smallest absolute Gasteiger partial charge is 0.223 e. The van der Waals surface area contributed by atoms with Gasteiger partial charge < -0.3 is 5.32 Å². The predicted molar refractivity (Wildman–Crippen MR) is 67.6 cm³/mol. The third kappa shape index (κ3) is 3.93. The summed E-state index contributed by atoms with van der Waals surface area (Å²) in [6.07, 6.45) is 4.62. The summed E-state index contributed by atoms with van der Waals surface area (Å²) in [5, 5.41) is 4.07. The Morgan fingerprint density at radius 1 is 1.50 bits per heavy atom. The van der Waals surface area contributed by atoms with Gasteiger partial charge in [0.2, 0.25) is 5.91 Å². The molecule has 0 bridgehead atoms. The van der Waals surface area contributed by atoms with Gasteiger partial charge in [0.1, 0.15) is 0 Å². The van der Waals surface area contributed by atoms with E-state index in [0.29, 0.717) is 0 Å². The largest absolute Gasteiger partial charge is 0.356 e. The summed E-state index contributed by atoms with van der Waals surface area (Å²) in [6.45, 7) is 6.83. The molecule has 0 aliphatic rings. The SMILES string of the molecule is CCC(CC)C(=O)NCCc1cnc(C)s1. The van der Waals surface area contributed by atoms with Crippen molar-refractivity contribution in [3.8, 4) is 0 Å². The molecule has 0 aliphatic carbocycles. The molecular weight excluding hydrogens is 220 g/mol. The normalized spacial score (nSPS) is 10.8. The number of hydrogen-bond acceptors (Lipinski definition) is 3. The Labute approximate surface area is 101 Å². The maximum atomic E-state index is 11.7. The zero-order valence-corrected chi connectivity index (χ0v) is 11.1. The summed E-state index contributed by atoms with van der Waals surface area (Å²) < 4.78 is 0. The van der Waals surface area contributed by atoms with E-state index in [2.05, 4.69) is 24.1 Å². The molecule has 1 amide bonds. The molecule has 0 radical (unpaired) electrons. The molecule has 1 heterocycles. The van der Waals surface area contributed by atoms with Crippen molar-refractivity contribution >= 4 is 17.2 Å². The van der Waals surface area contributed by atoms with Gasteiger partial charge in [0.05, 0.1) is 5.01 Å². The zero-order chi connectivity index (χ0) is 12.0. The van der Waals surface area contributed by atoms with Crippen molar-refractivity contribution < 1.29 is 4.79 Å². The first-order chi connectivity index (χ1) is 7.67. The maximum Gasteiger partial charge on any atom is 0.223 e. The number of rotatable bonds is 6. The van der Waals surface area contributed by atoms with Crippen LogP contribution in [0.5, 0.6) is 0 Å². The molecule has 1 aromatic heterocycles. The Morgan fingerprint density at radius 2 is 2.19 bits per heavy atom. The number of carbonyl (C=O) groups excluding carboxylic acids is 1. The van der Waals surface area contributed by atoms with Crippen LogP contribution in [-0.4, -0.2) is 17.4 Å². The van der Waals surface area contributed by atoms with Crippen molar-refractivity contribution in [2.75, 3.05) is 6.54 Å². The maximum absolute atomic E-state index is 11.7. The van der Waals surface area contributed by atoms with E-state index in [4.69, 9.17) is 0 Å². The molecule has 0 fully saturated rings. The van der Waals surface area contributed by atoms with E-state index in [1.165, 1.54) is 4.88 Å². The van der Waals surface area contributed by atoms with Crippen molar-refractivity contribution in [2.45, 2.75) is 40.0 Å². The summed E-state index contributed by atoms with van der Waals surface area (Å²) in [4.78, 5) is 17.1. The minimum Gasteiger partial charge on any atom is -0.356 e. The van der Waals surface area contributed by atoms with E-state index in [1.54, 1.807) is 11.3 Å². The van der Waals surface area contributed by atoms with Crippen molar-refractivity contribution in [2.24, 2.45) is 5.92 Å². The highest BCUT2D eigenvalue weighted by molar-refractivity contribution is 7.11. The van der Waals surface area contributed by atoms with Crippen LogP contribution in [-0.2, 0) is 11.2 Å². The third-order valence-corrected chi connectivity index (χ3v) is 3.67. The van der Waals surface area contributed by atoms with Gasteiger partial charge in [0.15, 0.2) is 0 Å². The Hall–Kier alpha value is -0.900. The number of nitrogens with one attached hydrogen (secondary N) is 1. The van der Waals surface area contributed by atoms with Gasteiger partial charge in [-0.1, -0.05) is 13.8 Å². The van der Waals surface area contributed by atoms with Crippen LogP contribution in [0, 0.1) is 12.8 Å². The summed E-state index contributed by atoms with van der Waals surface area (Å²) in [5.74, 6) is 0.356. The number of amides is 1. The first kappa shape index (κ1) is 13.2. The van der Waals surface area contributed by atoms with Crippen LogP contribution >= 0.6 is 11.3 Å². The molecule has 0 saturated carbocycles. The lowest BCUT2D eigenvalue weighted by molar-refractivity contribution is -0.125. The first-order valence-electron chi connectivity index (χ1n) is 5.86. The Morgan fingerprint density at radius 3 is 2.69 bits per heavy atom. The lowest BCUT2D eigenvalue weighted by Gasteiger charge is -2.11. The molecule has 3 nitrogen and oxygen atoms in total. The topological polar surface area (TPSA) is 42.0 Å². The Balaban J connectivity index is 2.27. The lowest BCUT2D eigenvalue weighted by Crippen LogP contribution is -2.31. The molecular formula is C12H20N2OS. The molecule has 0 aromatic carbocycles. The van der Waals surface area contributed by atoms with Crippen molar-refractivity contribution in [1.29, 1.82) is 0 Å². The zero-order valence-electron chi connectivity index (χ0n) is 10.2. The summed E-state index contributed by atoms with van der Waals surface area (Å²) in [7, 11) is 0. The molecule has 0 spiro atoms. The van der Waals surface area contributed by atoms with Gasteiger partial charge in [0, 0.05) is 30.0 Å². The van der Waals surface area contributed by atoms with Gasteiger partial charge in [0.25, 0.3) is 0 Å². The molecule has 16 heavy (non-hydrogen) atoms. The van der Waals surface area contributed by atoms with Gasteiger partial charge in [-0.15, -0.1) is 11.3 Å². The highest BCUT2D eigenvalue weighted by Crippen LogP contribution is 2.12. The average Bonchev–Trinajstić information content (AvgIpc) is 2.66. The van der Waals surface area contributed by atoms with Gasteiger partial charge in [-0.25, -0.2) is 4.98 Å². The molecule has 4 heteroatoms. The summed E-state index contributed by atoms with van der Waals surface area (Å²) in [6, 6.07) is 0. The Kier molecular flexibility index (Phi) is 5.46. The van der Waals surface area contributed by atoms with E-state index < -0.39 is 0 Å². The molecule has 0 atom stereocenters. The molecule has 1 N–H and O–H groups in total. The van der Waals surface area contributed by atoms with Gasteiger partial charge >= 0.3 is 0 Å². The lowest BCUT2D eigenvalue weighted by atomic mass is 10.0. The van der Waals surface area contributed by atoms with Crippen molar-refractivity contribution in [1.82, 2.24) is 10.3 Å². The van der Waals surface area contributed by atoms with Crippen molar-refractivity contribution in [3.05, 3.63) is 16.1 Å². The molecule has 1 aromatic rings. The minimum absolute atomic E-state index is 0.170. The number of thiazole rings is 1. The van der Waals surface area contributed by atoms with Crippen LogP contribution in [0.2, 0.25) is 0 Å². The molecule has 1 rings (SSSR count). The van der Waals surface area contributed by atoms with E-state index in [0.717, 1.165) is 30.8 Å². The number of carbonyl (C=O) groups is 1. The summed E-state index contributed by atoms with van der Waals surface area (Å²) >= 11 is 1.70. The molecule has 90 valence electrons. The summed E-state index contributed by atoms with van der Waals surface area (Å²) in [5.41, 5.74) is 0. The predicted octanol–water partition coefficient (Wildman–Crippen LogP) is 2.55. The first-order valence-corrected chi connectivity index (χ1v) is 6.68. The average molecular weight is 240 g/mol. The number of nitrogens with zero attached hydrogens (tertiary/aromatic N) is 1. The van der Waals surface area contributed by atoms with E-state index in [1.807, 2.05) is 13.1 Å². The highest BCUT2D eigenvalue weighted by Gasteiger charge is 2.12. The van der Waals surface area contributed by atoms with E-state index in [9.17, 15) is 4.79 Å². The fraction of sp³-hybridized carbons (Fsp3) is 0.667. The van der Waals surface area contributed by atoms with Crippen LogP contribution in [0.3, 0.4) is 0 Å². The molecule has 0 saturated heterocycles. The van der Waals surface area contributed by atoms with Gasteiger partial charge in [-0.2, -0.15) is 0 Å². The fourth-order valence-corrected chi connectivity index (χ4v) is 2.43. The minimum atomic E-state index is 0.170. The highest BCUT2D eigenvalue weighted by atomic mass is 32.1. The molecule has 0 aliphatic heterocycles. The second-order valence-corrected chi connectivity index (χ2v) is 5.22. The second kappa shape index (κ2) is 6.63. The van der Waals surface area contributed by atoms with Crippen LogP contribution < -0.4 is 5.32 Å². The number of hydrogen-bond donors (Lipinski definition) is 1.